The molecule has 0 N–H and O–H groups in total. The highest BCUT2D eigenvalue weighted by Gasteiger charge is 2.06. The van der Waals surface area contributed by atoms with E-state index >= 15 is 0 Å². The SMILES string of the molecule is O=C(CSc1cccc(F)c1)Cc1cccc(F)c1. The topological polar surface area (TPSA) is 17.1 Å². The smallest absolute Gasteiger partial charge is 0.147 e. The van der Waals surface area contributed by atoms with Crippen LogP contribution in [0, 0.1) is 11.6 Å². The number of hydrogen-bond acceptors (Lipinski definition) is 2. The fraction of sp³-hybridized carbons (Fsp3) is 0.133. The third-order valence-corrected chi connectivity index (χ3v) is 3.54. The van der Waals surface area contributed by atoms with Gasteiger partial charge in [-0.1, -0.05) is 18.2 Å². The molecule has 0 unspecified atom stereocenters. The first-order valence-corrected chi connectivity index (χ1v) is 6.76. The molecule has 19 heavy (non-hydrogen) atoms. The summed E-state index contributed by atoms with van der Waals surface area (Å²) in [7, 11) is 0. The molecule has 2 rings (SSSR count). The summed E-state index contributed by atoms with van der Waals surface area (Å²) in [5.74, 6) is -0.425. The highest BCUT2D eigenvalue weighted by Crippen LogP contribution is 2.19. The van der Waals surface area contributed by atoms with E-state index in [1.807, 2.05) is 0 Å². The molecule has 0 bridgehead atoms. The summed E-state index contributed by atoms with van der Waals surface area (Å²) < 4.78 is 25.9. The van der Waals surface area contributed by atoms with Crippen molar-refractivity contribution in [2.24, 2.45) is 0 Å². The van der Waals surface area contributed by atoms with Crippen LogP contribution in [0.3, 0.4) is 0 Å². The predicted molar refractivity (Wildman–Crippen MR) is 72.2 cm³/mol. The van der Waals surface area contributed by atoms with Crippen LogP contribution < -0.4 is 0 Å². The summed E-state index contributed by atoms with van der Waals surface area (Å²) in [6, 6.07) is 12.1. The van der Waals surface area contributed by atoms with Crippen molar-refractivity contribution in [3.05, 3.63) is 65.7 Å². The van der Waals surface area contributed by atoms with Gasteiger partial charge in [0.25, 0.3) is 0 Å². The number of carbonyl (C=O) groups is 1. The molecule has 0 aliphatic carbocycles. The van der Waals surface area contributed by atoms with Crippen LogP contribution in [-0.2, 0) is 11.2 Å². The maximum absolute atomic E-state index is 13.0. The van der Waals surface area contributed by atoms with Gasteiger partial charge >= 0.3 is 0 Å². The largest absolute Gasteiger partial charge is 0.298 e. The Labute approximate surface area is 114 Å². The minimum atomic E-state index is -0.344. The fourth-order valence-electron chi connectivity index (χ4n) is 1.65. The van der Waals surface area contributed by atoms with Gasteiger partial charge in [-0.05, 0) is 35.9 Å². The molecule has 0 aliphatic rings. The van der Waals surface area contributed by atoms with Crippen LogP contribution in [0.25, 0.3) is 0 Å². The van der Waals surface area contributed by atoms with Crippen molar-refractivity contribution in [1.82, 2.24) is 0 Å². The van der Waals surface area contributed by atoms with Gasteiger partial charge in [0.15, 0.2) is 0 Å². The molecule has 2 aromatic rings. The van der Waals surface area contributed by atoms with Gasteiger partial charge in [0.1, 0.15) is 17.4 Å². The second kappa shape index (κ2) is 6.48. The zero-order chi connectivity index (χ0) is 13.7. The van der Waals surface area contributed by atoms with Crippen LogP contribution in [0.15, 0.2) is 53.4 Å². The first-order valence-electron chi connectivity index (χ1n) is 5.78. The molecule has 0 heterocycles. The number of benzene rings is 2. The molecule has 1 nitrogen and oxygen atoms in total. The molecular formula is C15H12F2OS. The Balaban J connectivity index is 1.88. The van der Waals surface area contributed by atoms with Gasteiger partial charge in [0.05, 0.1) is 5.75 Å². The lowest BCUT2D eigenvalue weighted by molar-refractivity contribution is -0.116. The summed E-state index contributed by atoms with van der Waals surface area (Å²) in [6.45, 7) is 0. The second-order valence-electron chi connectivity index (χ2n) is 4.09. The molecule has 4 heteroatoms. The van der Waals surface area contributed by atoms with Crippen LogP contribution in [0.5, 0.6) is 0 Å². The van der Waals surface area contributed by atoms with Crippen LogP contribution >= 0.6 is 11.8 Å². The molecule has 0 amide bonds. The van der Waals surface area contributed by atoms with Crippen molar-refractivity contribution in [2.75, 3.05) is 5.75 Å². The molecule has 0 aliphatic heterocycles. The molecule has 0 spiro atoms. The summed E-state index contributed by atoms with van der Waals surface area (Å²) in [4.78, 5) is 12.5. The van der Waals surface area contributed by atoms with Crippen molar-refractivity contribution in [3.63, 3.8) is 0 Å². The molecule has 0 aromatic heterocycles. The number of halogens is 2. The third-order valence-electron chi connectivity index (χ3n) is 2.49. The quantitative estimate of drug-likeness (QED) is 0.772. The predicted octanol–water partition coefficient (Wildman–Crippen LogP) is 3.87. The Morgan fingerprint density at radius 3 is 2.37 bits per heavy atom. The van der Waals surface area contributed by atoms with Crippen molar-refractivity contribution >= 4 is 17.5 Å². The average Bonchev–Trinajstić information content (AvgIpc) is 2.36. The lowest BCUT2D eigenvalue weighted by Crippen LogP contribution is -2.05. The van der Waals surface area contributed by atoms with Gasteiger partial charge in [0, 0.05) is 11.3 Å². The summed E-state index contributed by atoms with van der Waals surface area (Å²) in [5, 5.41) is 0. The van der Waals surface area contributed by atoms with E-state index in [9.17, 15) is 13.6 Å². The minimum Gasteiger partial charge on any atom is -0.298 e. The third kappa shape index (κ3) is 4.48. The number of ketones is 1. The summed E-state index contributed by atoms with van der Waals surface area (Å²) in [5.41, 5.74) is 0.657. The van der Waals surface area contributed by atoms with Gasteiger partial charge in [-0.15, -0.1) is 11.8 Å². The lowest BCUT2D eigenvalue weighted by Gasteiger charge is -2.02. The number of thioether (sulfide) groups is 1. The Bertz CT molecular complexity index is 584. The summed E-state index contributed by atoms with van der Waals surface area (Å²) in [6.07, 6.45) is 0.195. The van der Waals surface area contributed by atoms with Gasteiger partial charge in [-0.25, -0.2) is 8.78 Å². The van der Waals surface area contributed by atoms with Crippen molar-refractivity contribution in [2.45, 2.75) is 11.3 Å². The first-order chi connectivity index (χ1) is 9.13. The normalized spacial score (nSPS) is 10.4. The highest BCUT2D eigenvalue weighted by molar-refractivity contribution is 8.00. The second-order valence-corrected chi connectivity index (χ2v) is 5.14. The van der Waals surface area contributed by atoms with E-state index in [2.05, 4.69) is 0 Å². The Kier molecular flexibility index (Phi) is 4.68. The van der Waals surface area contributed by atoms with E-state index in [0.717, 1.165) is 0 Å². The van der Waals surface area contributed by atoms with E-state index in [0.29, 0.717) is 10.5 Å². The maximum Gasteiger partial charge on any atom is 0.147 e. The number of rotatable bonds is 5. The van der Waals surface area contributed by atoms with Gasteiger partial charge in [-0.3, -0.25) is 4.79 Å². The Morgan fingerprint density at radius 2 is 1.68 bits per heavy atom. The molecule has 2 aromatic carbocycles. The minimum absolute atomic E-state index is 0.0140. The molecule has 0 fully saturated rings. The number of hydrogen-bond donors (Lipinski definition) is 0. The van der Waals surface area contributed by atoms with Crippen LogP contribution in [0.1, 0.15) is 5.56 Å². The number of carbonyl (C=O) groups excluding carboxylic acids is 1. The molecule has 98 valence electrons. The first kappa shape index (κ1) is 13.7. The van der Waals surface area contributed by atoms with Gasteiger partial charge < -0.3 is 0 Å². The Hall–Kier alpha value is -1.68. The lowest BCUT2D eigenvalue weighted by atomic mass is 10.1. The van der Waals surface area contributed by atoms with E-state index in [1.165, 1.54) is 36.0 Å². The van der Waals surface area contributed by atoms with Crippen LogP contribution in [0.2, 0.25) is 0 Å². The van der Waals surface area contributed by atoms with E-state index in [1.54, 1.807) is 24.3 Å². The zero-order valence-corrected chi connectivity index (χ0v) is 10.9. The average molecular weight is 278 g/mol. The Morgan fingerprint density at radius 1 is 1.00 bits per heavy atom. The van der Waals surface area contributed by atoms with Crippen molar-refractivity contribution in [1.29, 1.82) is 0 Å². The van der Waals surface area contributed by atoms with E-state index < -0.39 is 0 Å². The molecular weight excluding hydrogens is 266 g/mol. The van der Waals surface area contributed by atoms with Crippen molar-refractivity contribution in [3.8, 4) is 0 Å². The zero-order valence-electron chi connectivity index (χ0n) is 10.1. The van der Waals surface area contributed by atoms with E-state index in [-0.39, 0.29) is 29.6 Å². The highest BCUT2D eigenvalue weighted by atomic mass is 32.2. The molecule has 0 saturated heterocycles. The monoisotopic (exact) mass is 278 g/mol. The maximum atomic E-state index is 13.0. The van der Waals surface area contributed by atoms with Crippen LogP contribution in [-0.4, -0.2) is 11.5 Å². The van der Waals surface area contributed by atoms with Crippen molar-refractivity contribution < 1.29 is 13.6 Å². The van der Waals surface area contributed by atoms with E-state index in [4.69, 9.17) is 0 Å². The molecule has 0 atom stereocenters. The summed E-state index contributed by atoms with van der Waals surface area (Å²) >= 11 is 1.28. The van der Waals surface area contributed by atoms with Gasteiger partial charge in [0.2, 0.25) is 0 Å². The van der Waals surface area contributed by atoms with Gasteiger partial charge in [-0.2, -0.15) is 0 Å². The van der Waals surface area contributed by atoms with Crippen LogP contribution in [0.4, 0.5) is 8.78 Å². The fourth-order valence-corrected chi connectivity index (χ4v) is 2.45. The number of Topliss-reactive ketones (excluding diaryl/α,β-unsaturated/α-hetero) is 1. The molecule has 0 saturated carbocycles. The standard InChI is InChI=1S/C15H12F2OS/c16-12-4-1-3-11(7-12)8-14(18)10-19-15-6-2-5-13(17)9-15/h1-7,9H,8,10H2. The molecule has 0 radical (unpaired) electrons.